The molecule has 2 amide bonds. The number of amides is 2. The number of rotatable bonds is 8. The van der Waals surface area contributed by atoms with Crippen molar-refractivity contribution in [2.45, 2.75) is 24.8 Å². The van der Waals surface area contributed by atoms with Crippen molar-refractivity contribution in [2.24, 2.45) is 5.92 Å². The lowest BCUT2D eigenvalue weighted by Gasteiger charge is -2.29. The fraction of sp³-hybridized carbons (Fsp3) is 0.318. The molecule has 176 valence electrons. The lowest BCUT2D eigenvalue weighted by Crippen LogP contribution is -2.47. The van der Waals surface area contributed by atoms with E-state index in [0.29, 0.717) is 17.1 Å². The first kappa shape index (κ1) is 24.2. The van der Waals surface area contributed by atoms with E-state index in [0.717, 1.165) is 0 Å². The van der Waals surface area contributed by atoms with E-state index in [1.54, 1.807) is 38.1 Å². The smallest absolute Gasteiger partial charge is 0.324 e. The molecule has 2 N–H and O–H groups in total. The van der Waals surface area contributed by atoms with Gasteiger partial charge < -0.3 is 14.8 Å². The van der Waals surface area contributed by atoms with Gasteiger partial charge in [0, 0.05) is 0 Å². The maximum Gasteiger partial charge on any atom is 0.324 e. The summed E-state index contributed by atoms with van der Waals surface area (Å²) in [6, 6.07) is 11.2. The van der Waals surface area contributed by atoms with Crippen LogP contribution >= 0.6 is 0 Å². The summed E-state index contributed by atoms with van der Waals surface area (Å²) in [7, 11) is -2.57. The zero-order chi connectivity index (χ0) is 24.2. The normalized spacial score (nSPS) is 14.3. The highest BCUT2D eigenvalue weighted by atomic mass is 32.2. The molecule has 2 aromatic carbocycles. The minimum absolute atomic E-state index is 0.0474. The SMILES string of the molecule is COc1ccc(S(=O)(=O)N[C@H](C(=O)OCC(=O)N2CC(=O)Nc3ccccc32)C(C)C)cc1. The van der Waals surface area contributed by atoms with Crippen LogP contribution in [-0.4, -0.2) is 52.5 Å². The Kier molecular flexibility index (Phi) is 7.34. The average molecular weight is 476 g/mol. The summed E-state index contributed by atoms with van der Waals surface area (Å²) < 4.78 is 38.0. The van der Waals surface area contributed by atoms with Crippen LogP contribution in [0.15, 0.2) is 53.4 Å². The molecule has 0 unspecified atom stereocenters. The molecule has 10 nitrogen and oxygen atoms in total. The van der Waals surface area contributed by atoms with Crippen LogP contribution in [0.25, 0.3) is 0 Å². The molecule has 1 aliphatic rings. The van der Waals surface area contributed by atoms with Crippen LogP contribution in [0, 0.1) is 5.92 Å². The van der Waals surface area contributed by atoms with Gasteiger partial charge in [-0.15, -0.1) is 0 Å². The van der Waals surface area contributed by atoms with Crippen molar-refractivity contribution in [1.29, 1.82) is 0 Å². The van der Waals surface area contributed by atoms with E-state index >= 15 is 0 Å². The highest BCUT2D eigenvalue weighted by Crippen LogP contribution is 2.28. The molecule has 11 heteroatoms. The van der Waals surface area contributed by atoms with Gasteiger partial charge in [-0.25, -0.2) is 8.42 Å². The molecule has 0 spiro atoms. The van der Waals surface area contributed by atoms with Crippen molar-refractivity contribution in [3.05, 3.63) is 48.5 Å². The molecule has 1 aliphatic heterocycles. The quantitative estimate of drug-likeness (QED) is 0.554. The van der Waals surface area contributed by atoms with Gasteiger partial charge >= 0.3 is 5.97 Å². The van der Waals surface area contributed by atoms with Crippen LogP contribution < -0.4 is 19.7 Å². The number of benzene rings is 2. The number of hydrogen-bond donors (Lipinski definition) is 2. The molecule has 33 heavy (non-hydrogen) atoms. The molecule has 0 saturated carbocycles. The fourth-order valence-electron chi connectivity index (χ4n) is 3.20. The first-order chi connectivity index (χ1) is 15.6. The molecule has 0 radical (unpaired) electrons. The number of nitrogens with one attached hydrogen (secondary N) is 2. The zero-order valence-electron chi connectivity index (χ0n) is 18.4. The van der Waals surface area contributed by atoms with E-state index in [1.807, 2.05) is 0 Å². The van der Waals surface area contributed by atoms with Gasteiger partial charge in [0.05, 0.1) is 23.4 Å². The summed E-state index contributed by atoms with van der Waals surface area (Å²) >= 11 is 0. The van der Waals surface area contributed by atoms with E-state index < -0.39 is 40.5 Å². The third-order valence-corrected chi connectivity index (χ3v) is 6.44. The lowest BCUT2D eigenvalue weighted by atomic mass is 10.1. The zero-order valence-corrected chi connectivity index (χ0v) is 19.2. The Balaban J connectivity index is 1.68. The number of nitrogens with zero attached hydrogens (tertiary/aromatic N) is 1. The van der Waals surface area contributed by atoms with Crippen LogP contribution in [0.3, 0.4) is 0 Å². The molecule has 1 atom stereocenters. The maximum atomic E-state index is 12.7. The number of anilines is 2. The fourth-order valence-corrected chi connectivity index (χ4v) is 4.54. The summed E-state index contributed by atoms with van der Waals surface area (Å²) in [4.78, 5) is 38.4. The van der Waals surface area contributed by atoms with E-state index in [2.05, 4.69) is 10.0 Å². The minimum Gasteiger partial charge on any atom is -0.497 e. The Hall–Kier alpha value is -3.44. The van der Waals surface area contributed by atoms with Crippen molar-refractivity contribution in [1.82, 2.24) is 4.72 Å². The Bertz CT molecular complexity index is 1150. The number of ether oxygens (including phenoxy) is 2. The summed E-state index contributed by atoms with van der Waals surface area (Å²) in [5.41, 5.74) is 0.958. The van der Waals surface area contributed by atoms with Gasteiger partial charge in [0.2, 0.25) is 15.9 Å². The number of carbonyl (C=O) groups excluding carboxylic acids is 3. The van der Waals surface area contributed by atoms with Crippen molar-refractivity contribution < 1.29 is 32.3 Å². The number of fused-ring (bicyclic) bond motifs is 1. The van der Waals surface area contributed by atoms with Gasteiger partial charge in [-0.05, 0) is 42.3 Å². The predicted octanol–water partition coefficient (Wildman–Crippen LogP) is 1.53. The Labute approximate surface area is 191 Å². The predicted molar refractivity (Wildman–Crippen MR) is 120 cm³/mol. The first-order valence-corrected chi connectivity index (χ1v) is 11.6. The second-order valence-corrected chi connectivity index (χ2v) is 9.39. The number of esters is 1. The van der Waals surface area contributed by atoms with Crippen molar-refractivity contribution >= 4 is 39.2 Å². The van der Waals surface area contributed by atoms with Crippen LogP contribution in [0.5, 0.6) is 5.75 Å². The number of hydrogen-bond acceptors (Lipinski definition) is 7. The number of methoxy groups -OCH3 is 1. The lowest BCUT2D eigenvalue weighted by molar-refractivity contribution is -0.150. The molecule has 1 heterocycles. The van der Waals surface area contributed by atoms with Crippen molar-refractivity contribution in [3.8, 4) is 5.75 Å². The Morgan fingerprint density at radius 2 is 1.79 bits per heavy atom. The van der Waals surface area contributed by atoms with Crippen LogP contribution in [0.1, 0.15) is 13.8 Å². The second kappa shape index (κ2) is 10.0. The molecule has 2 aromatic rings. The molecule has 3 rings (SSSR count). The van der Waals surface area contributed by atoms with Crippen molar-refractivity contribution in [3.63, 3.8) is 0 Å². The Morgan fingerprint density at radius 3 is 2.42 bits per heavy atom. The largest absolute Gasteiger partial charge is 0.497 e. The topological polar surface area (TPSA) is 131 Å². The van der Waals surface area contributed by atoms with Gasteiger partial charge in [-0.1, -0.05) is 26.0 Å². The number of sulfonamides is 1. The standard InChI is InChI=1S/C22H25N3O7S/c1-14(2)21(24-33(29,30)16-10-8-15(31-3)9-11-16)22(28)32-13-20(27)25-12-19(26)23-17-6-4-5-7-18(17)25/h4-11,14,21,24H,12-13H2,1-3H3,(H,23,26)/t21-/m0/s1. The van der Waals surface area contributed by atoms with Gasteiger partial charge in [0.25, 0.3) is 5.91 Å². The van der Waals surface area contributed by atoms with E-state index in [9.17, 15) is 22.8 Å². The number of carbonyl (C=O) groups is 3. The molecular formula is C22H25N3O7S. The van der Waals surface area contributed by atoms with E-state index in [1.165, 1.54) is 36.3 Å². The number of para-hydroxylation sites is 2. The van der Waals surface area contributed by atoms with E-state index in [4.69, 9.17) is 9.47 Å². The molecule has 0 fully saturated rings. The van der Waals surface area contributed by atoms with Crippen LogP contribution in [0.4, 0.5) is 11.4 Å². The van der Waals surface area contributed by atoms with Crippen LogP contribution in [-0.2, 0) is 29.1 Å². The average Bonchev–Trinajstić information content (AvgIpc) is 2.80. The third kappa shape index (κ3) is 5.68. The molecular weight excluding hydrogens is 450 g/mol. The summed E-state index contributed by atoms with van der Waals surface area (Å²) in [6.45, 7) is 2.43. The summed E-state index contributed by atoms with van der Waals surface area (Å²) in [5, 5.41) is 2.67. The molecule has 0 aliphatic carbocycles. The van der Waals surface area contributed by atoms with E-state index in [-0.39, 0.29) is 17.3 Å². The third-order valence-electron chi connectivity index (χ3n) is 4.98. The molecule has 0 saturated heterocycles. The second-order valence-electron chi connectivity index (χ2n) is 7.67. The van der Waals surface area contributed by atoms with Gasteiger partial charge in [-0.2, -0.15) is 4.72 Å². The summed E-state index contributed by atoms with van der Waals surface area (Å²) in [5.74, 6) is -1.85. The van der Waals surface area contributed by atoms with Gasteiger partial charge in [-0.3, -0.25) is 19.3 Å². The Morgan fingerprint density at radius 1 is 1.12 bits per heavy atom. The minimum atomic E-state index is -4.04. The monoisotopic (exact) mass is 475 g/mol. The molecule has 0 bridgehead atoms. The van der Waals surface area contributed by atoms with Gasteiger partial charge in [0.15, 0.2) is 6.61 Å². The van der Waals surface area contributed by atoms with Gasteiger partial charge in [0.1, 0.15) is 18.3 Å². The first-order valence-electron chi connectivity index (χ1n) is 10.1. The van der Waals surface area contributed by atoms with Crippen LogP contribution in [0.2, 0.25) is 0 Å². The highest BCUT2D eigenvalue weighted by Gasteiger charge is 2.32. The highest BCUT2D eigenvalue weighted by molar-refractivity contribution is 7.89. The summed E-state index contributed by atoms with van der Waals surface area (Å²) in [6.07, 6.45) is 0. The maximum absolute atomic E-state index is 12.7. The molecule has 0 aromatic heterocycles. The van der Waals surface area contributed by atoms with Crippen molar-refractivity contribution in [2.75, 3.05) is 30.5 Å².